The molecule has 1 unspecified atom stereocenters. The Morgan fingerprint density at radius 3 is 2.93 bits per heavy atom. The molecule has 0 N–H and O–H groups in total. The van der Waals surface area contributed by atoms with E-state index >= 15 is 0 Å². The van der Waals surface area contributed by atoms with Gasteiger partial charge in [0.2, 0.25) is 0 Å². The number of halogens is 1. The fourth-order valence-corrected chi connectivity index (χ4v) is 3.88. The Labute approximate surface area is 169 Å². The maximum absolute atomic E-state index is 12.6. The van der Waals surface area contributed by atoms with E-state index in [9.17, 15) is 4.79 Å². The van der Waals surface area contributed by atoms with Crippen molar-refractivity contribution >= 4 is 39.8 Å². The minimum Gasteiger partial charge on any atom is -0.441 e. The third-order valence-electron chi connectivity index (χ3n) is 4.54. The van der Waals surface area contributed by atoms with Crippen molar-refractivity contribution in [2.75, 3.05) is 11.4 Å². The number of anilines is 1. The van der Waals surface area contributed by atoms with Crippen molar-refractivity contribution in [1.82, 2.24) is 4.37 Å². The van der Waals surface area contributed by atoms with Gasteiger partial charge in [0.1, 0.15) is 11.1 Å². The maximum Gasteiger partial charge on any atom is 0.415 e. The molecule has 0 bridgehead atoms. The largest absolute Gasteiger partial charge is 0.441 e. The van der Waals surface area contributed by atoms with Crippen LogP contribution in [0.15, 0.2) is 42.5 Å². The van der Waals surface area contributed by atoms with E-state index in [1.807, 2.05) is 44.2 Å². The van der Waals surface area contributed by atoms with Gasteiger partial charge in [0, 0.05) is 24.1 Å². The first kappa shape index (κ1) is 19.6. The Balaban J connectivity index is 1.72. The van der Waals surface area contributed by atoms with E-state index in [2.05, 4.69) is 23.4 Å². The van der Waals surface area contributed by atoms with E-state index in [1.54, 1.807) is 4.90 Å². The second kappa shape index (κ2) is 8.72. The first-order valence-corrected chi connectivity index (χ1v) is 10.2. The van der Waals surface area contributed by atoms with Crippen molar-refractivity contribution in [2.45, 2.75) is 39.7 Å². The fourth-order valence-electron chi connectivity index (χ4n) is 2.99. The number of amides is 1. The van der Waals surface area contributed by atoms with E-state index in [1.165, 1.54) is 11.5 Å². The predicted octanol–water partition coefficient (Wildman–Crippen LogP) is 6.56. The van der Waals surface area contributed by atoms with Gasteiger partial charge in [-0.15, -0.1) is 0 Å². The van der Waals surface area contributed by atoms with Gasteiger partial charge in [0.15, 0.2) is 0 Å². The van der Waals surface area contributed by atoms with Gasteiger partial charge in [-0.2, -0.15) is 4.37 Å². The molecule has 1 atom stereocenters. The number of hydrogen-bond acceptors (Lipinski definition) is 4. The van der Waals surface area contributed by atoms with Gasteiger partial charge in [-0.05, 0) is 54.6 Å². The van der Waals surface area contributed by atoms with Crippen LogP contribution in [-0.4, -0.2) is 17.0 Å². The van der Waals surface area contributed by atoms with Crippen LogP contribution in [0.25, 0.3) is 5.57 Å². The zero-order valence-corrected chi connectivity index (χ0v) is 17.3. The first-order chi connectivity index (χ1) is 13.0. The highest BCUT2D eigenvalue weighted by Crippen LogP contribution is 2.34. The molecule has 1 aromatic heterocycles. The van der Waals surface area contributed by atoms with Crippen LogP contribution in [0, 0.1) is 6.92 Å². The highest BCUT2D eigenvalue weighted by atomic mass is 35.5. The molecular formula is C21H23ClN2O2S. The zero-order valence-electron chi connectivity index (χ0n) is 15.7. The summed E-state index contributed by atoms with van der Waals surface area (Å²) in [6, 6.07) is 7.71. The molecule has 1 amide bonds. The molecule has 0 spiro atoms. The first-order valence-electron chi connectivity index (χ1n) is 9.07. The highest BCUT2D eigenvalue weighted by Gasteiger charge is 2.30. The lowest BCUT2D eigenvalue weighted by Crippen LogP contribution is -2.38. The van der Waals surface area contributed by atoms with Crippen LogP contribution in [-0.2, 0) is 4.74 Å². The Morgan fingerprint density at radius 1 is 1.44 bits per heavy atom. The Bertz CT molecular complexity index is 888. The summed E-state index contributed by atoms with van der Waals surface area (Å²) in [6.45, 7) is 6.64. The molecular weight excluding hydrogens is 380 g/mol. The van der Waals surface area contributed by atoms with Crippen LogP contribution in [0.4, 0.5) is 9.80 Å². The third kappa shape index (κ3) is 4.42. The molecule has 3 rings (SSSR count). The van der Waals surface area contributed by atoms with E-state index in [0.29, 0.717) is 6.54 Å². The average Bonchev–Trinajstić information content (AvgIpc) is 3.14. The zero-order chi connectivity index (χ0) is 19.4. The van der Waals surface area contributed by atoms with Gasteiger partial charge in [0.25, 0.3) is 0 Å². The lowest BCUT2D eigenvalue weighted by atomic mass is 10.0. The van der Waals surface area contributed by atoms with Crippen LogP contribution < -0.4 is 4.90 Å². The van der Waals surface area contributed by atoms with Crippen molar-refractivity contribution in [3.05, 3.63) is 64.3 Å². The molecule has 1 aliphatic rings. The molecule has 6 heteroatoms. The molecule has 1 aromatic carbocycles. The quantitative estimate of drug-likeness (QED) is 0.531. The van der Waals surface area contributed by atoms with Crippen LogP contribution in [0.5, 0.6) is 0 Å². The molecule has 0 aliphatic carbocycles. The molecule has 1 fully saturated rings. The van der Waals surface area contributed by atoms with Crippen molar-refractivity contribution < 1.29 is 9.53 Å². The van der Waals surface area contributed by atoms with E-state index in [-0.39, 0.29) is 12.2 Å². The van der Waals surface area contributed by atoms with Crippen molar-refractivity contribution in [3.63, 3.8) is 0 Å². The van der Waals surface area contributed by atoms with Crippen molar-refractivity contribution in [1.29, 1.82) is 0 Å². The van der Waals surface area contributed by atoms with Gasteiger partial charge in [-0.1, -0.05) is 48.9 Å². The van der Waals surface area contributed by atoms with Gasteiger partial charge < -0.3 is 4.74 Å². The molecule has 142 valence electrons. The summed E-state index contributed by atoms with van der Waals surface area (Å²) >= 11 is 7.41. The lowest BCUT2D eigenvalue weighted by Gasteiger charge is -2.31. The topological polar surface area (TPSA) is 42.4 Å². The number of allylic oxidation sites excluding steroid dienone is 4. The van der Waals surface area contributed by atoms with Crippen molar-refractivity contribution in [2.24, 2.45) is 0 Å². The van der Waals surface area contributed by atoms with Crippen LogP contribution >= 0.6 is 23.1 Å². The average molecular weight is 403 g/mol. The number of aryl methyl sites for hydroxylation is 1. The number of aromatic nitrogens is 1. The summed E-state index contributed by atoms with van der Waals surface area (Å²) in [5.41, 5.74) is 3.90. The maximum atomic E-state index is 12.6. The van der Waals surface area contributed by atoms with E-state index in [4.69, 9.17) is 16.3 Å². The fraction of sp³-hybridized carbons (Fsp3) is 0.333. The number of rotatable bonds is 5. The minimum absolute atomic E-state index is 0.240. The number of ether oxygens (including phenoxy) is 1. The van der Waals surface area contributed by atoms with Gasteiger partial charge in [0.05, 0.1) is 5.69 Å². The molecule has 0 saturated carbocycles. The standard InChI is InChI=1S/C21H23ClN2O2S/c1-4-6-7-15(5-2)18-13-20(27-23-18)24-11-10-19(26-21(24)25)16-8-9-17(22)14(3)12-16/h5-9,12-13,19H,4,10-11H2,1-3H3/b7-6-,15-5+. The molecule has 2 heterocycles. The predicted molar refractivity (Wildman–Crippen MR) is 113 cm³/mol. The normalized spacial score (nSPS) is 18.2. The minimum atomic E-state index is -0.333. The Kier molecular flexibility index (Phi) is 6.34. The number of cyclic esters (lactones) is 1. The number of benzene rings is 1. The SMILES string of the molecule is C/C=C(\C=C/CC)c1cc(N2CCC(c3ccc(Cl)c(C)c3)OC2=O)sn1. The molecule has 27 heavy (non-hydrogen) atoms. The summed E-state index contributed by atoms with van der Waals surface area (Å²) < 4.78 is 10.2. The molecule has 4 nitrogen and oxygen atoms in total. The Morgan fingerprint density at radius 2 is 2.26 bits per heavy atom. The van der Waals surface area contributed by atoms with Gasteiger partial charge >= 0.3 is 6.09 Å². The molecule has 2 aromatic rings. The number of carbonyl (C=O) groups is 1. The van der Waals surface area contributed by atoms with Gasteiger partial charge in [-0.25, -0.2) is 4.79 Å². The smallest absolute Gasteiger partial charge is 0.415 e. The highest BCUT2D eigenvalue weighted by molar-refractivity contribution is 7.10. The van der Waals surface area contributed by atoms with E-state index < -0.39 is 0 Å². The van der Waals surface area contributed by atoms with E-state index in [0.717, 1.165) is 45.3 Å². The monoisotopic (exact) mass is 402 g/mol. The summed E-state index contributed by atoms with van der Waals surface area (Å²) in [5.74, 6) is 0. The van der Waals surface area contributed by atoms with Crippen LogP contribution in [0.3, 0.4) is 0 Å². The summed E-state index contributed by atoms with van der Waals surface area (Å²) in [7, 11) is 0. The summed E-state index contributed by atoms with van der Waals surface area (Å²) in [4.78, 5) is 14.2. The number of nitrogens with zero attached hydrogens (tertiary/aromatic N) is 2. The van der Waals surface area contributed by atoms with Crippen LogP contribution in [0.1, 0.15) is 49.6 Å². The lowest BCUT2D eigenvalue weighted by molar-refractivity contribution is 0.0843. The number of carbonyl (C=O) groups excluding carboxylic acids is 1. The summed E-state index contributed by atoms with van der Waals surface area (Å²) in [5, 5.41) is 1.53. The van der Waals surface area contributed by atoms with Gasteiger partial charge in [-0.3, -0.25) is 4.90 Å². The third-order valence-corrected chi connectivity index (χ3v) is 5.77. The van der Waals surface area contributed by atoms with Crippen LogP contribution in [0.2, 0.25) is 5.02 Å². The Hall–Kier alpha value is -2.11. The molecule has 0 radical (unpaired) electrons. The second-order valence-corrected chi connectivity index (χ2v) is 7.62. The molecule has 1 aliphatic heterocycles. The molecule has 1 saturated heterocycles. The summed E-state index contributed by atoms with van der Waals surface area (Å²) in [6.07, 6.45) is 7.31. The van der Waals surface area contributed by atoms with Crippen molar-refractivity contribution in [3.8, 4) is 0 Å². The number of hydrogen-bond donors (Lipinski definition) is 0. The second-order valence-electron chi connectivity index (χ2n) is 6.43.